The molecular formula is C27H15BrO. The molecule has 1 nitrogen and oxygen atoms in total. The number of fused-ring (bicyclic) bond motifs is 12. The minimum absolute atomic E-state index is 0.416. The average molecular weight is 435 g/mol. The van der Waals surface area contributed by atoms with Gasteiger partial charge in [-0.05, 0) is 51.6 Å². The van der Waals surface area contributed by atoms with E-state index in [2.05, 4.69) is 101 Å². The standard InChI is InChI=1S/C27H15BrO/c28-16-13-14-18-17-7-1-4-10-21(17)27(23(18)15-16)22-11-5-2-8-19(22)25-20-9-3-6-12-24(20)29-26(25)27/h1-15H. The first-order valence-corrected chi connectivity index (χ1v) is 10.6. The monoisotopic (exact) mass is 434 g/mol. The van der Waals surface area contributed by atoms with Crippen molar-refractivity contribution in [2.24, 2.45) is 0 Å². The SMILES string of the molecule is Brc1ccc2c(c1)C1(c3ccccc3-2)c2ccccc2-c2c1oc1ccccc21. The second-order valence-electron chi connectivity index (χ2n) is 7.83. The van der Waals surface area contributed by atoms with Crippen LogP contribution in [-0.4, -0.2) is 0 Å². The largest absolute Gasteiger partial charge is 0.459 e. The highest BCUT2D eigenvalue weighted by Gasteiger charge is 2.54. The Balaban J connectivity index is 1.76. The molecule has 0 fully saturated rings. The van der Waals surface area contributed by atoms with Crippen molar-refractivity contribution in [3.8, 4) is 22.3 Å². The third kappa shape index (κ3) is 1.73. The van der Waals surface area contributed by atoms with Crippen LogP contribution in [-0.2, 0) is 5.41 Å². The number of benzene rings is 4. The predicted molar refractivity (Wildman–Crippen MR) is 120 cm³/mol. The maximum atomic E-state index is 6.67. The lowest BCUT2D eigenvalue weighted by Gasteiger charge is -2.28. The summed E-state index contributed by atoms with van der Waals surface area (Å²) in [7, 11) is 0. The molecule has 136 valence electrons. The molecule has 5 aromatic rings. The minimum atomic E-state index is -0.416. The van der Waals surface area contributed by atoms with Gasteiger partial charge in [-0.15, -0.1) is 0 Å². The molecule has 0 amide bonds. The fraction of sp³-hybridized carbons (Fsp3) is 0.0370. The van der Waals surface area contributed by atoms with Gasteiger partial charge in [0.25, 0.3) is 0 Å². The summed E-state index contributed by atoms with van der Waals surface area (Å²) in [4.78, 5) is 0. The highest BCUT2D eigenvalue weighted by atomic mass is 79.9. The van der Waals surface area contributed by atoms with Crippen LogP contribution in [0.5, 0.6) is 0 Å². The lowest BCUT2D eigenvalue weighted by molar-refractivity contribution is 0.506. The Bertz CT molecular complexity index is 1480. The molecule has 1 heterocycles. The molecule has 1 atom stereocenters. The summed E-state index contributed by atoms with van der Waals surface area (Å²) in [5.41, 5.74) is 9.52. The first kappa shape index (κ1) is 15.8. The number of hydrogen-bond donors (Lipinski definition) is 0. The van der Waals surface area contributed by atoms with Gasteiger partial charge in [0, 0.05) is 15.4 Å². The molecular weight excluding hydrogens is 420 g/mol. The van der Waals surface area contributed by atoms with Crippen LogP contribution in [0, 0.1) is 0 Å². The first-order valence-electron chi connectivity index (χ1n) is 9.82. The van der Waals surface area contributed by atoms with Crippen LogP contribution in [0.15, 0.2) is 99.9 Å². The Labute approximate surface area is 176 Å². The average Bonchev–Trinajstić information content (AvgIpc) is 3.37. The summed E-state index contributed by atoms with van der Waals surface area (Å²) in [6.45, 7) is 0. The molecule has 1 spiro atoms. The van der Waals surface area contributed by atoms with E-state index < -0.39 is 5.41 Å². The summed E-state index contributed by atoms with van der Waals surface area (Å²) >= 11 is 3.72. The van der Waals surface area contributed by atoms with Gasteiger partial charge in [-0.2, -0.15) is 0 Å². The normalized spacial score (nSPS) is 18.0. The van der Waals surface area contributed by atoms with Crippen molar-refractivity contribution < 1.29 is 4.42 Å². The van der Waals surface area contributed by atoms with Gasteiger partial charge in [0.2, 0.25) is 0 Å². The lowest BCUT2D eigenvalue weighted by Crippen LogP contribution is -2.25. The van der Waals surface area contributed by atoms with E-state index >= 15 is 0 Å². The van der Waals surface area contributed by atoms with Gasteiger partial charge in [-0.3, -0.25) is 0 Å². The molecule has 2 aliphatic rings. The molecule has 4 aromatic carbocycles. The van der Waals surface area contributed by atoms with Crippen LogP contribution in [0.4, 0.5) is 0 Å². The molecule has 0 saturated carbocycles. The zero-order valence-corrected chi connectivity index (χ0v) is 17.0. The van der Waals surface area contributed by atoms with Crippen molar-refractivity contribution in [2.75, 3.05) is 0 Å². The predicted octanol–water partition coefficient (Wildman–Crippen LogP) is 7.54. The van der Waals surface area contributed by atoms with E-state index in [0.29, 0.717) is 0 Å². The van der Waals surface area contributed by atoms with Crippen molar-refractivity contribution in [3.05, 3.63) is 118 Å². The van der Waals surface area contributed by atoms with E-state index in [1.807, 2.05) is 6.07 Å². The fourth-order valence-electron chi connectivity index (χ4n) is 5.51. The van der Waals surface area contributed by atoms with E-state index in [1.165, 1.54) is 44.3 Å². The second-order valence-corrected chi connectivity index (χ2v) is 8.75. The molecule has 29 heavy (non-hydrogen) atoms. The Hall–Kier alpha value is -3.10. The quantitative estimate of drug-likeness (QED) is 0.240. The van der Waals surface area contributed by atoms with Crippen molar-refractivity contribution in [1.29, 1.82) is 0 Å². The number of hydrogen-bond acceptors (Lipinski definition) is 1. The Morgan fingerprint density at radius 1 is 0.621 bits per heavy atom. The van der Waals surface area contributed by atoms with Crippen LogP contribution >= 0.6 is 15.9 Å². The maximum absolute atomic E-state index is 6.67. The van der Waals surface area contributed by atoms with Crippen LogP contribution in [0.3, 0.4) is 0 Å². The highest BCUT2D eigenvalue weighted by Crippen LogP contribution is 2.64. The van der Waals surface area contributed by atoms with E-state index in [0.717, 1.165) is 15.8 Å². The third-order valence-electron chi connectivity index (χ3n) is 6.54. The van der Waals surface area contributed by atoms with Crippen LogP contribution in [0.25, 0.3) is 33.2 Å². The Kier molecular flexibility index (Phi) is 2.87. The fourth-order valence-corrected chi connectivity index (χ4v) is 5.87. The molecule has 2 heteroatoms. The molecule has 0 bridgehead atoms. The molecule has 0 saturated heterocycles. The summed E-state index contributed by atoms with van der Waals surface area (Å²) in [6, 6.07) is 32.6. The smallest absolute Gasteiger partial charge is 0.135 e. The maximum Gasteiger partial charge on any atom is 0.135 e. The van der Waals surface area contributed by atoms with Gasteiger partial charge < -0.3 is 4.42 Å². The molecule has 2 aliphatic carbocycles. The summed E-state index contributed by atoms with van der Waals surface area (Å²) in [5.74, 6) is 1.05. The minimum Gasteiger partial charge on any atom is -0.459 e. The van der Waals surface area contributed by atoms with Crippen molar-refractivity contribution in [2.45, 2.75) is 5.41 Å². The van der Waals surface area contributed by atoms with Gasteiger partial charge >= 0.3 is 0 Å². The molecule has 1 unspecified atom stereocenters. The zero-order valence-electron chi connectivity index (χ0n) is 15.4. The van der Waals surface area contributed by atoms with Gasteiger partial charge in [-0.1, -0.05) is 88.7 Å². The van der Waals surface area contributed by atoms with E-state index in [-0.39, 0.29) is 0 Å². The summed E-state index contributed by atoms with van der Waals surface area (Å²) in [5, 5.41) is 1.19. The van der Waals surface area contributed by atoms with Crippen LogP contribution in [0.2, 0.25) is 0 Å². The molecule has 0 N–H and O–H groups in total. The first-order chi connectivity index (χ1) is 14.3. The number of para-hydroxylation sites is 1. The molecule has 0 radical (unpaired) electrons. The zero-order chi connectivity index (χ0) is 19.2. The number of halogens is 1. The lowest BCUT2D eigenvalue weighted by atomic mass is 9.73. The van der Waals surface area contributed by atoms with Gasteiger partial charge in [-0.25, -0.2) is 0 Å². The summed E-state index contributed by atoms with van der Waals surface area (Å²) < 4.78 is 7.76. The van der Waals surface area contributed by atoms with E-state index in [9.17, 15) is 0 Å². The van der Waals surface area contributed by atoms with Crippen LogP contribution in [0.1, 0.15) is 22.5 Å². The molecule has 7 rings (SSSR count). The number of rotatable bonds is 0. The van der Waals surface area contributed by atoms with E-state index in [1.54, 1.807) is 0 Å². The highest BCUT2D eigenvalue weighted by molar-refractivity contribution is 9.10. The number of furan rings is 1. The molecule has 1 aromatic heterocycles. The topological polar surface area (TPSA) is 13.1 Å². The summed E-state index contributed by atoms with van der Waals surface area (Å²) in [6.07, 6.45) is 0. The molecule has 0 aliphatic heterocycles. The van der Waals surface area contributed by atoms with Crippen molar-refractivity contribution in [1.82, 2.24) is 0 Å². The van der Waals surface area contributed by atoms with Gasteiger partial charge in [0.15, 0.2) is 0 Å². The van der Waals surface area contributed by atoms with Crippen molar-refractivity contribution >= 4 is 26.9 Å². The van der Waals surface area contributed by atoms with Gasteiger partial charge in [0.1, 0.15) is 16.8 Å². The Morgan fingerprint density at radius 3 is 2.14 bits per heavy atom. The Morgan fingerprint density at radius 2 is 1.28 bits per heavy atom. The van der Waals surface area contributed by atoms with Crippen LogP contribution < -0.4 is 0 Å². The van der Waals surface area contributed by atoms with Gasteiger partial charge in [0.05, 0.1) is 0 Å². The third-order valence-corrected chi connectivity index (χ3v) is 7.04. The second kappa shape index (κ2) is 5.28. The van der Waals surface area contributed by atoms with E-state index in [4.69, 9.17) is 4.42 Å². The van der Waals surface area contributed by atoms with Crippen molar-refractivity contribution in [3.63, 3.8) is 0 Å².